The molecule has 2 aromatic heterocycles. The van der Waals surface area contributed by atoms with Crippen molar-refractivity contribution < 1.29 is 9.47 Å². The highest BCUT2D eigenvalue weighted by Crippen LogP contribution is 2.28. The molecule has 6 nitrogen and oxygen atoms in total. The van der Waals surface area contributed by atoms with Crippen LogP contribution in [0.3, 0.4) is 0 Å². The van der Waals surface area contributed by atoms with E-state index in [0.29, 0.717) is 11.8 Å². The van der Waals surface area contributed by atoms with Gasteiger partial charge in [-0.05, 0) is 18.9 Å². The van der Waals surface area contributed by atoms with Crippen LogP contribution in [-0.4, -0.2) is 46.3 Å². The molecule has 0 saturated carbocycles. The number of rotatable bonds is 8. The number of pyridine rings is 1. The molecule has 0 N–H and O–H groups in total. The Morgan fingerprint density at radius 1 is 1.27 bits per heavy atom. The van der Waals surface area contributed by atoms with E-state index in [0.717, 1.165) is 50.7 Å². The predicted molar refractivity (Wildman–Crippen MR) is 101 cm³/mol. The summed E-state index contributed by atoms with van der Waals surface area (Å²) < 4.78 is 13.5. The Bertz CT molecular complexity index is 714. The summed E-state index contributed by atoms with van der Waals surface area (Å²) in [4.78, 5) is 11.4. The van der Waals surface area contributed by atoms with Crippen LogP contribution in [0, 0.1) is 5.92 Å². The molecule has 0 bridgehead atoms. The molecule has 0 amide bonds. The molecule has 3 rings (SSSR count). The maximum atomic E-state index is 5.74. The van der Waals surface area contributed by atoms with Crippen molar-refractivity contribution >= 4 is 0 Å². The van der Waals surface area contributed by atoms with Crippen molar-refractivity contribution in [1.29, 1.82) is 0 Å². The topological polar surface area (TPSA) is 52.4 Å². The van der Waals surface area contributed by atoms with Crippen LogP contribution in [-0.2, 0) is 24.2 Å². The number of nitrogens with zero attached hydrogens (tertiary/aromatic N) is 4. The Morgan fingerprint density at radius 2 is 2.12 bits per heavy atom. The Kier molecular flexibility index (Phi) is 6.27. The average molecular weight is 358 g/mol. The van der Waals surface area contributed by atoms with Crippen LogP contribution in [0.25, 0.3) is 0 Å². The van der Waals surface area contributed by atoms with E-state index in [2.05, 4.69) is 41.3 Å². The van der Waals surface area contributed by atoms with Crippen LogP contribution in [0.1, 0.15) is 43.9 Å². The van der Waals surface area contributed by atoms with Crippen molar-refractivity contribution in [3.05, 3.63) is 41.6 Å². The zero-order chi connectivity index (χ0) is 18.5. The molecular weight excluding hydrogens is 328 g/mol. The van der Waals surface area contributed by atoms with E-state index in [1.165, 1.54) is 5.69 Å². The molecule has 0 spiro atoms. The number of methoxy groups -OCH3 is 1. The van der Waals surface area contributed by atoms with E-state index in [1.54, 1.807) is 13.3 Å². The van der Waals surface area contributed by atoms with E-state index < -0.39 is 0 Å². The second kappa shape index (κ2) is 8.64. The first-order valence-electron chi connectivity index (χ1n) is 9.44. The van der Waals surface area contributed by atoms with Crippen LogP contribution in [0.5, 0.6) is 5.88 Å². The number of hydrogen-bond donors (Lipinski definition) is 0. The molecule has 1 unspecified atom stereocenters. The van der Waals surface area contributed by atoms with Crippen molar-refractivity contribution in [3.63, 3.8) is 0 Å². The summed E-state index contributed by atoms with van der Waals surface area (Å²) in [6.45, 7) is 10.9. The van der Waals surface area contributed by atoms with Gasteiger partial charge in [-0.1, -0.05) is 19.9 Å². The van der Waals surface area contributed by atoms with Crippen molar-refractivity contribution in [2.45, 2.75) is 46.3 Å². The lowest BCUT2D eigenvalue weighted by Crippen LogP contribution is -2.37. The summed E-state index contributed by atoms with van der Waals surface area (Å²) in [7, 11) is 1.67. The highest BCUT2D eigenvalue weighted by atomic mass is 16.5. The van der Waals surface area contributed by atoms with Crippen molar-refractivity contribution in [2.75, 3.05) is 26.9 Å². The van der Waals surface area contributed by atoms with Crippen LogP contribution < -0.4 is 4.74 Å². The van der Waals surface area contributed by atoms with Crippen LogP contribution >= 0.6 is 0 Å². The Labute approximate surface area is 156 Å². The van der Waals surface area contributed by atoms with Gasteiger partial charge in [0.15, 0.2) is 0 Å². The van der Waals surface area contributed by atoms with E-state index in [9.17, 15) is 0 Å². The molecule has 0 aromatic carbocycles. The van der Waals surface area contributed by atoms with Gasteiger partial charge in [-0.25, -0.2) is 9.97 Å². The fourth-order valence-corrected chi connectivity index (χ4v) is 3.46. The van der Waals surface area contributed by atoms with Gasteiger partial charge in [0, 0.05) is 56.3 Å². The van der Waals surface area contributed by atoms with Crippen LogP contribution in [0.2, 0.25) is 0 Å². The lowest BCUT2D eigenvalue weighted by molar-refractivity contribution is 0.110. The molecule has 2 aromatic rings. The molecule has 142 valence electrons. The first-order valence-corrected chi connectivity index (χ1v) is 9.44. The molecule has 6 heteroatoms. The molecule has 0 radical (unpaired) electrons. The van der Waals surface area contributed by atoms with Gasteiger partial charge in [0.25, 0.3) is 0 Å². The van der Waals surface area contributed by atoms with E-state index in [1.807, 2.05) is 12.3 Å². The monoisotopic (exact) mass is 358 g/mol. The predicted octanol–water partition coefficient (Wildman–Crippen LogP) is 3.08. The summed E-state index contributed by atoms with van der Waals surface area (Å²) in [5, 5.41) is 0. The molecule has 3 heterocycles. The summed E-state index contributed by atoms with van der Waals surface area (Å²) in [6.07, 6.45) is 4.70. The lowest BCUT2D eigenvalue weighted by atomic mass is 10.1. The van der Waals surface area contributed by atoms with Crippen molar-refractivity contribution in [3.8, 4) is 5.88 Å². The first-order chi connectivity index (χ1) is 12.6. The number of imidazole rings is 1. The van der Waals surface area contributed by atoms with Crippen molar-refractivity contribution in [2.24, 2.45) is 5.92 Å². The maximum absolute atomic E-state index is 5.74. The molecule has 1 aliphatic heterocycles. The summed E-state index contributed by atoms with van der Waals surface area (Å²) >= 11 is 0. The third-order valence-electron chi connectivity index (χ3n) is 4.87. The molecule has 1 atom stereocenters. The highest BCUT2D eigenvalue weighted by Gasteiger charge is 2.27. The Morgan fingerprint density at radius 3 is 2.88 bits per heavy atom. The van der Waals surface area contributed by atoms with Gasteiger partial charge < -0.3 is 14.0 Å². The van der Waals surface area contributed by atoms with E-state index in [4.69, 9.17) is 14.5 Å². The molecule has 1 aliphatic rings. The number of aromatic nitrogens is 3. The van der Waals surface area contributed by atoms with Crippen LogP contribution in [0.15, 0.2) is 24.5 Å². The fourth-order valence-electron chi connectivity index (χ4n) is 3.46. The molecule has 26 heavy (non-hydrogen) atoms. The normalized spacial score (nSPS) is 17.5. The van der Waals surface area contributed by atoms with Gasteiger partial charge in [-0.2, -0.15) is 0 Å². The number of hydrogen-bond acceptors (Lipinski definition) is 5. The van der Waals surface area contributed by atoms with Crippen LogP contribution in [0.4, 0.5) is 0 Å². The lowest BCUT2D eigenvalue weighted by Gasteiger charge is -2.34. The second-order valence-corrected chi connectivity index (χ2v) is 7.30. The standard InChI is InChI=1S/C20H30N4O2/c1-15(2)14-26-11-7-18-12-22-19-16(3)23(9-10-24(18)19)13-17-6-5-8-21-20(17)25-4/h5-6,8,12,15-16H,7,9-11,13-14H2,1-4H3. The van der Waals surface area contributed by atoms with Gasteiger partial charge in [0.2, 0.25) is 5.88 Å². The minimum absolute atomic E-state index is 0.263. The average Bonchev–Trinajstić information content (AvgIpc) is 3.05. The van der Waals surface area contributed by atoms with Gasteiger partial charge in [-0.15, -0.1) is 0 Å². The fraction of sp³-hybridized carbons (Fsp3) is 0.600. The van der Waals surface area contributed by atoms with Gasteiger partial charge in [0.05, 0.1) is 19.8 Å². The number of fused-ring (bicyclic) bond motifs is 1. The van der Waals surface area contributed by atoms with Gasteiger partial charge >= 0.3 is 0 Å². The van der Waals surface area contributed by atoms with Gasteiger partial charge in [0.1, 0.15) is 5.82 Å². The van der Waals surface area contributed by atoms with Gasteiger partial charge in [-0.3, -0.25) is 4.90 Å². The van der Waals surface area contributed by atoms with E-state index >= 15 is 0 Å². The second-order valence-electron chi connectivity index (χ2n) is 7.30. The quantitative estimate of drug-likeness (QED) is 0.679. The zero-order valence-electron chi connectivity index (χ0n) is 16.3. The summed E-state index contributed by atoms with van der Waals surface area (Å²) in [6, 6.07) is 4.30. The highest BCUT2D eigenvalue weighted by molar-refractivity contribution is 5.25. The SMILES string of the molecule is COc1ncccc1CN1CCn2c(CCOCC(C)C)cnc2C1C. The minimum Gasteiger partial charge on any atom is -0.481 e. The minimum atomic E-state index is 0.263. The largest absolute Gasteiger partial charge is 0.481 e. The third kappa shape index (κ3) is 4.24. The molecule has 0 aliphatic carbocycles. The summed E-state index contributed by atoms with van der Waals surface area (Å²) in [5.74, 6) is 2.42. The maximum Gasteiger partial charge on any atom is 0.217 e. The Balaban J connectivity index is 1.64. The Hall–Kier alpha value is -1.92. The van der Waals surface area contributed by atoms with Crippen molar-refractivity contribution in [1.82, 2.24) is 19.4 Å². The molecule has 0 saturated heterocycles. The number of ether oxygens (including phenoxy) is 2. The zero-order valence-corrected chi connectivity index (χ0v) is 16.3. The van der Waals surface area contributed by atoms with E-state index in [-0.39, 0.29) is 6.04 Å². The smallest absolute Gasteiger partial charge is 0.217 e. The third-order valence-corrected chi connectivity index (χ3v) is 4.87. The molecular formula is C20H30N4O2. The first kappa shape index (κ1) is 18.9. The summed E-state index contributed by atoms with van der Waals surface area (Å²) in [5.41, 5.74) is 2.39. The molecule has 0 fully saturated rings.